The maximum absolute atomic E-state index is 11.7. The normalized spacial score (nSPS) is 11.7. The molecule has 8 nitrogen and oxygen atoms in total. The SMILES string of the molecule is CCCCC(N=C=O)c1ccc(-n2c(=O)[nH]c(=O)[nH]c2=O)cc1. The summed E-state index contributed by atoms with van der Waals surface area (Å²) in [5.41, 5.74) is -1.40. The van der Waals surface area contributed by atoms with E-state index in [1.54, 1.807) is 30.3 Å². The molecule has 2 aromatic rings. The highest BCUT2D eigenvalue weighted by Crippen LogP contribution is 2.23. The van der Waals surface area contributed by atoms with Crippen LogP contribution in [-0.4, -0.2) is 20.6 Å². The predicted octanol–water partition coefficient (Wildman–Crippen LogP) is 0.781. The Morgan fingerprint density at radius 1 is 1.13 bits per heavy atom. The smallest absolute Gasteiger partial charge is 0.258 e. The van der Waals surface area contributed by atoms with E-state index in [9.17, 15) is 19.2 Å². The van der Waals surface area contributed by atoms with Crippen LogP contribution in [0.15, 0.2) is 43.6 Å². The molecule has 0 aliphatic rings. The zero-order chi connectivity index (χ0) is 16.8. The number of unbranched alkanes of at least 4 members (excludes halogenated alkanes) is 1. The van der Waals surface area contributed by atoms with Crippen molar-refractivity contribution in [2.45, 2.75) is 32.2 Å². The predicted molar refractivity (Wildman–Crippen MR) is 83.7 cm³/mol. The first-order valence-corrected chi connectivity index (χ1v) is 7.19. The third-order valence-electron chi connectivity index (χ3n) is 3.42. The Hall–Kier alpha value is -2.99. The van der Waals surface area contributed by atoms with Gasteiger partial charge in [-0.25, -0.2) is 23.7 Å². The highest BCUT2D eigenvalue weighted by molar-refractivity contribution is 5.38. The quantitative estimate of drug-likeness (QED) is 0.605. The number of aromatic amines is 2. The number of hydrogen-bond acceptors (Lipinski definition) is 5. The van der Waals surface area contributed by atoms with Crippen LogP contribution < -0.4 is 17.1 Å². The summed E-state index contributed by atoms with van der Waals surface area (Å²) in [6, 6.07) is 6.20. The van der Waals surface area contributed by atoms with Gasteiger partial charge >= 0.3 is 17.1 Å². The molecule has 2 N–H and O–H groups in total. The standard InChI is InChI=1S/C15H16N4O4/c1-2-3-4-12(16-9-20)10-5-7-11(8-6-10)19-14(22)17-13(21)18-15(19)23/h5-8,12H,2-4H2,1H3,(H2,17,18,21,22,23). The van der Waals surface area contributed by atoms with Gasteiger partial charge in [0.2, 0.25) is 6.08 Å². The number of nitrogens with zero attached hydrogens (tertiary/aromatic N) is 2. The number of H-pyrrole nitrogens is 2. The van der Waals surface area contributed by atoms with Crippen molar-refractivity contribution in [1.29, 1.82) is 0 Å². The molecule has 0 saturated carbocycles. The average Bonchev–Trinajstić information content (AvgIpc) is 2.51. The molecule has 0 saturated heterocycles. The van der Waals surface area contributed by atoms with Gasteiger partial charge in [-0.05, 0) is 24.1 Å². The Labute approximate surface area is 130 Å². The Balaban J connectivity index is 2.40. The molecule has 120 valence electrons. The fourth-order valence-corrected chi connectivity index (χ4v) is 2.28. The number of isocyanates is 1. The molecule has 1 unspecified atom stereocenters. The molecule has 8 heteroatoms. The highest BCUT2D eigenvalue weighted by Gasteiger charge is 2.11. The van der Waals surface area contributed by atoms with Crippen molar-refractivity contribution in [3.63, 3.8) is 0 Å². The Morgan fingerprint density at radius 3 is 2.26 bits per heavy atom. The summed E-state index contributed by atoms with van der Waals surface area (Å²) in [6.45, 7) is 2.04. The summed E-state index contributed by atoms with van der Waals surface area (Å²) in [7, 11) is 0. The van der Waals surface area contributed by atoms with E-state index in [2.05, 4.69) is 4.99 Å². The zero-order valence-electron chi connectivity index (χ0n) is 12.5. The molecule has 23 heavy (non-hydrogen) atoms. The van der Waals surface area contributed by atoms with Crippen LogP contribution in [0.2, 0.25) is 0 Å². The molecule has 0 spiro atoms. The first-order valence-electron chi connectivity index (χ1n) is 7.19. The first-order chi connectivity index (χ1) is 11.1. The maximum Gasteiger partial charge on any atom is 0.338 e. The van der Waals surface area contributed by atoms with Gasteiger partial charge in [0.25, 0.3) is 0 Å². The van der Waals surface area contributed by atoms with Gasteiger partial charge in [-0.2, -0.15) is 4.99 Å². The first kappa shape index (κ1) is 16.4. The van der Waals surface area contributed by atoms with Crippen molar-refractivity contribution in [2.24, 2.45) is 4.99 Å². The second kappa shape index (κ2) is 7.33. The molecule has 0 amide bonds. The Bertz CT molecular complexity index is 851. The summed E-state index contributed by atoms with van der Waals surface area (Å²) in [6.07, 6.45) is 4.17. The molecule has 1 aromatic heterocycles. The lowest BCUT2D eigenvalue weighted by molar-refractivity contribution is 0.548. The number of hydrogen-bond donors (Lipinski definition) is 2. The van der Waals surface area contributed by atoms with E-state index in [1.165, 1.54) is 0 Å². The molecule has 1 aromatic carbocycles. The van der Waals surface area contributed by atoms with Gasteiger partial charge in [0.15, 0.2) is 0 Å². The minimum absolute atomic E-state index is 0.299. The molecule has 0 radical (unpaired) electrons. The summed E-state index contributed by atoms with van der Waals surface area (Å²) in [5.74, 6) is 0. The van der Waals surface area contributed by atoms with Crippen molar-refractivity contribution < 1.29 is 4.79 Å². The van der Waals surface area contributed by atoms with Gasteiger partial charge in [0.05, 0.1) is 11.7 Å². The second-order valence-electron chi connectivity index (χ2n) is 4.99. The highest BCUT2D eigenvalue weighted by atomic mass is 16.2. The molecule has 0 fully saturated rings. The summed E-state index contributed by atoms with van der Waals surface area (Å²) in [4.78, 5) is 52.8. The van der Waals surface area contributed by atoms with Gasteiger partial charge in [-0.15, -0.1) is 0 Å². The van der Waals surface area contributed by atoms with Gasteiger partial charge in [-0.1, -0.05) is 31.9 Å². The molecular weight excluding hydrogens is 300 g/mol. The lowest BCUT2D eigenvalue weighted by Crippen LogP contribution is -2.42. The van der Waals surface area contributed by atoms with E-state index in [0.29, 0.717) is 12.1 Å². The van der Waals surface area contributed by atoms with Crippen LogP contribution in [0.1, 0.15) is 37.8 Å². The average molecular weight is 316 g/mol. The minimum Gasteiger partial charge on any atom is -0.258 e. The van der Waals surface area contributed by atoms with E-state index < -0.39 is 17.1 Å². The third-order valence-corrected chi connectivity index (χ3v) is 3.42. The molecule has 0 bridgehead atoms. The maximum atomic E-state index is 11.7. The van der Waals surface area contributed by atoms with E-state index in [-0.39, 0.29) is 6.04 Å². The second-order valence-corrected chi connectivity index (χ2v) is 4.99. The monoisotopic (exact) mass is 316 g/mol. The fraction of sp³-hybridized carbons (Fsp3) is 0.333. The van der Waals surface area contributed by atoms with E-state index >= 15 is 0 Å². The largest absolute Gasteiger partial charge is 0.338 e. The number of aromatic nitrogens is 3. The number of nitrogens with one attached hydrogen (secondary N) is 2. The van der Waals surface area contributed by atoms with Gasteiger partial charge < -0.3 is 0 Å². The molecule has 2 rings (SSSR count). The molecule has 1 atom stereocenters. The summed E-state index contributed by atoms with van der Waals surface area (Å²) < 4.78 is 0.815. The van der Waals surface area contributed by atoms with E-state index in [0.717, 1.165) is 23.0 Å². The van der Waals surface area contributed by atoms with Crippen molar-refractivity contribution in [3.05, 3.63) is 61.3 Å². The van der Waals surface area contributed by atoms with Gasteiger partial charge in [0.1, 0.15) is 0 Å². The van der Waals surface area contributed by atoms with Crippen LogP contribution in [0.4, 0.5) is 0 Å². The van der Waals surface area contributed by atoms with Crippen molar-refractivity contribution in [1.82, 2.24) is 14.5 Å². The zero-order valence-corrected chi connectivity index (χ0v) is 12.5. The number of rotatable bonds is 6. The van der Waals surface area contributed by atoms with Crippen molar-refractivity contribution in [3.8, 4) is 5.69 Å². The lowest BCUT2D eigenvalue weighted by Gasteiger charge is -2.11. The molecular formula is C15H16N4O4. The fourth-order valence-electron chi connectivity index (χ4n) is 2.28. The van der Waals surface area contributed by atoms with Crippen LogP contribution in [0.5, 0.6) is 0 Å². The summed E-state index contributed by atoms with van der Waals surface area (Å²) >= 11 is 0. The number of benzene rings is 1. The van der Waals surface area contributed by atoms with Crippen LogP contribution in [-0.2, 0) is 4.79 Å². The third kappa shape index (κ3) is 3.81. The molecule has 1 heterocycles. The number of aliphatic imine (C=N–C) groups is 1. The van der Waals surface area contributed by atoms with E-state index in [1.807, 2.05) is 16.9 Å². The van der Waals surface area contributed by atoms with Crippen LogP contribution in [0, 0.1) is 0 Å². The van der Waals surface area contributed by atoms with Crippen LogP contribution in [0.3, 0.4) is 0 Å². The molecule has 0 aliphatic carbocycles. The van der Waals surface area contributed by atoms with Gasteiger partial charge in [0, 0.05) is 0 Å². The minimum atomic E-state index is -0.854. The topological polar surface area (TPSA) is 117 Å². The Morgan fingerprint density at radius 2 is 1.74 bits per heavy atom. The van der Waals surface area contributed by atoms with Crippen molar-refractivity contribution in [2.75, 3.05) is 0 Å². The number of carbonyl (C=O) groups excluding carboxylic acids is 1. The molecule has 0 aliphatic heterocycles. The van der Waals surface area contributed by atoms with Crippen molar-refractivity contribution >= 4 is 6.08 Å². The Kier molecular flexibility index (Phi) is 5.22. The lowest BCUT2D eigenvalue weighted by atomic mass is 10.0. The van der Waals surface area contributed by atoms with E-state index in [4.69, 9.17) is 0 Å². The summed E-state index contributed by atoms with van der Waals surface area (Å²) in [5, 5.41) is 0. The van der Waals surface area contributed by atoms with Crippen LogP contribution >= 0.6 is 0 Å². The van der Waals surface area contributed by atoms with Gasteiger partial charge in [-0.3, -0.25) is 9.97 Å². The van der Waals surface area contributed by atoms with Crippen LogP contribution in [0.25, 0.3) is 5.69 Å².